The predicted molar refractivity (Wildman–Crippen MR) is 88.8 cm³/mol. The number of ether oxygens (including phenoxy) is 1. The third-order valence-electron chi connectivity index (χ3n) is 3.72. The van der Waals surface area contributed by atoms with E-state index in [9.17, 15) is 14.4 Å². The molecule has 1 atom stereocenters. The van der Waals surface area contributed by atoms with E-state index in [2.05, 4.69) is 10.3 Å². The van der Waals surface area contributed by atoms with Crippen molar-refractivity contribution in [3.05, 3.63) is 58.9 Å². The number of hydrogen-bond donors (Lipinski definition) is 2. The van der Waals surface area contributed by atoms with Crippen molar-refractivity contribution in [3.8, 4) is 0 Å². The van der Waals surface area contributed by atoms with E-state index in [1.807, 2.05) is 31.2 Å². The zero-order valence-corrected chi connectivity index (χ0v) is 13.9. The molecule has 6 nitrogen and oxygen atoms in total. The smallest absolute Gasteiger partial charge is 0.307 e. The number of methoxy groups -OCH3 is 1. The number of hydrogen-bond acceptors (Lipinski definition) is 4. The van der Waals surface area contributed by atoms with Crippen molar-refractivity contribution < 1.29 is 19.1 Å². The summed E-state index contributed by atoms with van der Waals surface area (Å²) in [5.41, 5.74) is 2.58. The Morgan fingerprint density at radius 2 is 1.88 bits per heavy atom. The van der Waals surface area contributed by atoms with Crippen molar-refractivity contribution in [1.82, 2.24) is 10.3 Å². The molecule has 1 aromatic heterocycles. The number of aromatic amines is 1. The first-order chi connectivity index (χ1) is 11.4. The van der Waals surface area contributed by atoms with Crippen molar-refractivity contribution in [2.45, 2.75) is 26.3 Å². The van der Waals surface area contributed by atoms with Gasteiger partial charge in [0, 0.05) is 11.8 Å². The number of aromatic nitrogens is 1. The Bertz CT molecular complexity index is 747. The lowest BCUT2D eigenvalue weighted by molar-refractivity contribution is -0.141. The van der Waals surface area contributed by atoms with Crippen LogP contribution in [-0.2, 0) is 9.53 Å². The van der Waals surface area contributed by atoms with Crippen LogP contribution in [0, 0.1) is 6.92 Å². The van der Waals surface area contributed by atoms with Crippen LogP contribution in [0.1, 0.15) is 51.4 Å². The summed E-state index contributed by atoms with van der Waals surface area (Å²) in [6.45, 7) is 3.39. The summed E-state index contributed by atoms with van der Waals surface area (Å²) in [5, 5.41) is 2.80. The number of carbonyl (C=O) groups excluding carboxylic acids is 3. The first kappa shape index (κ1) is 17.5. The quantitative estimate of drug-likeness (QED) is 0.630. The average Bonchev–Trinajstić information content (AvgIpc) is 3.05. The Hall–Kier alpha value is -2.89. The Morgan fingerprint density at radius 1 is 1.21 bits per heavy atom. The van der Waals surface area contributed by atoms with E-state index < -0.39 is 17.9 Å². The van der Waals surface area contributed by atoms with E-state index in [0.717, 1.165) is 11.1 Å². The van der Waals surface area contributed by atoms with Crippen molar-refractivity contribution in [3.63, 3.8) is 0 Å². The maximum atomic E-state index is 12.4. The lowest BCUT2D eigenvalue weighted by Gasteiger charge is -2.18. The van der Waals surface area contributed by atoms with E-state index in [1.54, 1.807) is 0 Å². The van der Waals surface area contributed by atoms with Gasteiger partial charge in [-0.2, -0.15) is 0 Å². The molecule has 2 aromatic rings. The third kappa shape index (κ3) is 4.32. The molecule has 1 amide bonds. The fraction of sp³-hybridized carbons (Fsp3) is 0.278. The first-order valence-corrected chi connectivity index (χ1v) is 7.54. The minimum absolute atomic E-state index is 0.0194. The van der Waals surface area contributed by atoms with Crippen LogP contribution in [0.25, 0.3) is 0 Å². The average molecular weight is 328 g/mol. The highest BCUT2D eigenvalue weighted by Crippen LogP contribution is 2.19. The van der Waals surface area contributed by atoms with E-state index in [-0.39, 0.29) is 17.9 Å². The third-order valence-corrected chi connectivity index (χ3v) is 3.72. The van der Waals surface area contributed by atoms with Crippen molar-refractivity contribution >= 4 is 17.7 Å². The molecule has 0 aliphatic rings. The molecule has 0 spiro atoms. The second kappa shape index (κ2) is 7.59. The lowest BCUT2D eigenvalue weighted by Crippen LogP contribution is -2.30. The van der Waals surface area contributed by atoms with Gasteiger partial charge < -0.3 is 15.0 Å². The second-order valence-corrected chi connectivity index (χ2v) is 5.58. The number of esters is 1. The molecule has 24 heavy (non-hydrogen) atoms. The Morgan fingerprint density at radius 3 is 2.42 bits per heavy atom. The van der Waals surface area contributed by atoms with Gasteiger partial charge in [0.05, 0.1) is 19.6 Å². The largest absolute Gasteiger partial charge is 0.469 e. The monoisotopic (exact) mass is 328 g/mol. The van der Waals surface area contributed by atoms with Crippen LogP contribution < -0.4 is 5.32 Å². The second-order valence-electron chi connectivity index (χ2n) is 5.58. The normalized spacial score (nSPS) is 11.6. The molecule has 0 unspecified atom stereocenters. The number of amides is 1. The molecule has 0 saturated carbocycles. The molecular weight excluding hydrogens is 308 g/mol. The summed E-state index contributed by atoms with van der Waals surface area (Å²) < 4.78 is 4.71. The minimum Gasteiger partial charge on any atom is -0.469 e. The van der Waals surface area contributed by atoms with Crippen molar-refractivity contribution in [2.75, 3.05) is 7.11 Å². The molecule has 0 aliphatic carbocycles. The fourth-order valence-electron chi connectivity index (χ4n) is 2.27. The van der Waals surface area contributed by atoms with Crippen LogP contribution >= 0.6 is 0 Å². The predicted octanol–water partition coefficient (Wildman–Crippen LogP) is 2.56. The van der Waals surface area contributed by atoms with Crippen molar-refractivity contribution in [2.24, 2.45) is 0 Å². The Labute approximate surface area is 140 Å². The minimum atomic E-state index is -0.519. The van der Waals surface area contributed by atoms with Crippen LogP contribution in [0.3, 0.4) is 0 Å². The van der Waals surface area contributed by atoms with Crippen LogP contribution in [0.15, 0.2) is 36.5 Å². The van der Waals surface area contributed by atoms with E-state index >= 15 is 0 Å². The lowest BCUT2D eigenvalue weighted by atomic mass is 10.0. The Kier molecular flexibility index (Phi) is 5.52. The highest BCUT2D eigenvalue weighted by Gasteiger charge is 2.20. The van der Waals surface area contributed by atoms with Crippen molar-refractivity contribution in [1.29, 1.82) is 0 Å². The number of nitrogens with one attached hydrogen (secondary N) is 2. The van der Waals surface area contributed by atoms with E-state index in [0.29, 0.717) is 5.56 Å². The standard InChI is InChI=1S/C18H20N2O4/c1-11-4-6-13(7-5-11)15(9-17(22)24-3)20-18(23)16-8-14(10-19-16)12(2)21/h4-8,10,15,19H,9H2,1-3H3,(H,20,23)/t15-/m1/s1. The number of H-pyrrole nitrogens is 1. The molecule has 1 aromatic carbocycles. The molecule has 0 fully saturated rings. The number of carbonyl (C=O) groups is 3. The topological polar surface area (TPSA) is 88.3 Å². The molecule has 0 bridgehead atoms. The van der Waals surface area contributed by atoms with Gasteiger partial charge in [-0.1, -0.05) is 29.8 Å². The summed E-state index contributed by atoms with van der Waals surface area (Å²) in [6, 6.07) is 8.51. The molecular formula is C18H20N2O4. The van der Waals surface area contributed by atoms with E-state index in [4.69, 9.17) is 4.74 Å². The summed E-state index contributed by atoms with van der Waals surface area (Å²) in [5.74, 6) is -0.941. The zero-order chi connectivity index (χ0) is 17.7. The highest BCUT2D eigenvalue weighted by molar-refractivity contribution is 5.99. The summed E-state index contributed by atoms with van der Waals surface area (Å²) in [6.07, 6.45) is 1.50. The molecule has 2 rings (SSSR count). The molecule has 126 valence electrons. The molecule has 1 heterocycles. The molecule has 0 saturated heterocycles. The van der Waals surface area contributed by atoms with Gasteiger partial charge in [-0.3, -0.25) is 14.4 Å². The summed E-state index contributed by atoms with van der Waals surface area (Å²) in [7, 11) is 1.31. The molecule has 2 N–H and O–H groups in total. The molecule has 6 heteroatoms. The maximum Gasteiger partial charge on any atom is 0.307 e. The number of ketones is 1. The zero-order valence-electron chi connectivity index (χ0n) is 13.9. The van der Waals surface area contributed by atoms with Gasteiger partial charge in [-0.15, -0.1) is 0 Å². The van der Waals surface area contributed by atoms with Crippen LogP contribution in [0.5, 0.6) is 0 Å². The number of aryl methyl sites for hydroxylation is 1. The number of rotatable bonds is 6. The number of Topliss-reactive ketones (excluding diaryl/α,β-unsaturated/α-hetero) is 1. The van der Waals surface area contributed by atoms with Gasteiger partial charge in [0.2, 0.25) is 0 Å². The highest BCUT2D eigenvalue weighted by atomic mass is 16.5. The summed E-state index contributed by atoms with van der Waals surface area (Å²) in [4.78, 5) is 38.1. The van der Waals surface area contributed by atoms with Crippen LogP contribution in [0.4, 0.5) is 0 Å². The summed E-state index contributed by atoms with van der Waals surface area (Å²) >= 11 is 0. The number of benzene rings is 1. The van der Waals surface area contributed by atoms with Gasteiger partial charge in [0.1, 0.15) is 5.69 Å². The van der Waals surface area contributed by atoms with Gasteiger partial charge in [0.15, 0.2) is 5.78 Å². The molecule has 0 radical (unpaired) electrons. The van der Waals surface area contributed by atoms with Gasteiger partial charge in [0.25, 0.3) is 5.91 Å². The maximum absolute atomic E-state index is 12.4. The van der Waals surface area contributed by atoms with E-state index in [1.165, 1.54) is 26.3 Å². The van der Waals surface area contributed by atoms with Crippen LogP contribution in [0.2, 0.25) is 0 Å². The molecule has 0 aliphatic heterocycles. The first-order valence-electron chi connectivity index (χ1n) is 7.54. The van der Waals surface area contributed by atoms with Crippen LogP contribution in [-0.4, -0.2) is 29.8 Å². The fourth-order valence-corrected chi connectivity index (χ4v) is 2.27. The van der Waals surface area contributed by atoms with Gasteiger partial charge >= 0.3 is 5.97 Å². The van der Waals surface area contributed by atoms with Gasteiger partial charge in [-0.25, -0.2) is 0 Å². The SMILES string of the molecule is COC(=O)C[C@@H](NC(=O)c1cc(C(C)=O)c[nH]1)c1ccc(C)cc1. The van der Waals surface area contributed by atoms with Gasteiger partial charge in [-0.05, 0) is 25.5 Å². The Balaban J connectivity index is 2.20.